The van der Waals surface area contributed by atoms with Crippen LogP contribution in [-0.4, -0.2) is 31.3 Å². The lowest BCUT2D eigenvalue weighted by atomic mass is 10.0. The van der Waals surface area contributed by atoms with Crippen molar-refractivity contribution in [3.05, 3.63) is 35.6 Å². The van der Waals surface area contributed by atoms with Gasteiger partial charge < -0.3 is 15.4 Å². The molecule has 124 valence electrons. The lowest BCUT2D eigenvalue weighted by molar-refractivity contribution is 0.0243. The molecule has 0 bridgehead atoms. The van der Waals surface area contributed by atoms with Gasteiger partial charge in [-0.2, -0.15) is 0 Å². The Morgan fingerprint density at radius 1 is 1.32 bits per heavy atom. The molecular weight excluding hydrogens is 396 g/mol. The number of nitrogens with one attached hydrogen (secondary N) is 2. The third-order valence-corrected chi connectivity index (χ3v) is 3.61. The second-order valence-corrected chi connectivity index (χ2v) is 5.58. The zero-order valence-corrected chi connectivity index (χ0v) is 15.5. The van der Waals surface area contributed by atoms with Crippen LogP contribution in [0.5, 0.6) is 0 Å². The molecule has 1 aliphatic rings. The highest BCUT2D eigenvalue weighted by Gasteiger charge is 2.29. The molecule has 1 saturated heterocycles. The Morgan fingerprint density at radius 2 is 2.05 bits per heavy atom. The number of nitrogens with zero attached hydrogens (tertiary/aromatic N) is 1. The van der Waals surface area contributed by atoms with Crippen LogP contribution < -0.4 is 10.6 Å². The summed E-state index contributed by atoms with van der Waals surface area (Å²) in [6.07, 6.45) is 2.18. The van der Waals surface area contributed by atoms with Crippen LogP contribution in [0.4, 0.5) is 4.39 Å². The van der Waals surface area contributed by atoms with Crippen molar-refractivity contribution in [1.29, 1.82) is 0 Å². The van der Waals surface area contributed by atoms with Gasteiger partial charge in [-0.05, 0) is 44.4 Å². The Balaban J connectivity index is 0.00000242. The van der Waals surface area contributed by atoms with Gasteiger partial charge in [-0.3, -0.25) is 0 Å². The summed E-state index contributed by atoms with van der Waals surface area (Å²) in [5.41, 5.74) is 0.878. The van der Waals surface area contributed by atoms with Crippen LogP contribution in [0.15, 0.2) is 29.3 Å². The van der Waals surface area contributed by atoms with Crippen molar-refractivity contribution in [2.75, 3.05) is 19.7 Å². The maximum absolute atomic E-state index is 12.9. The van der Waals surface area contributed by atoms with Crippen LogP contribution in [0, 0.1) is 5.82 Å². The molecule has 0 aromatic heterocycles. The lowest BCUT2D eigenvalue weighted by Crippen LogP contribution is -2.45. The first-order valence-corrected chi connectivity index (χ1v) is 7.52. The summed E-state index contributed by atoms with van der Waals surface area (Å²) in [5.74, 6) is 0.539. The summed E-state index contributed by atoms with van der Waals surface area (Å²) >= 11 is 0. The molecule has 1 aliphatic heterocycles. The number of aliphatic imine (C=N–C) groups is 1. The van der Waals surface area contributed by atoms with Crippen molar-refractivity contribution in [2.24, 2.45) is 4.99 Å². The molecule has 1 fully saturated rings. The quantitative estimate of drug-likeness (QED) is 0.437. The van der Waals surface area contributed by atoms with Crippen LogP contribution in [0.2, 0.25) is 0 Å². The molecule has 1 atom stereocenters. The first-order valence-electron chi connectivity index (χ1n) is 7.52. The van der Waals surface area contributed by atoms with Gasteiger partial charge in [-0.25, -0.2) is 9.38 Å². The lowest BCUT2D eigenvalue weighted by Gasteiger charge is -2.24. The Labute approximate surface area is 148 Å². The molecule has 1 aromatic rings. The van der Waals surface area contributed by atoms with E-state index < -0.39 is 0 Å². The van der Waals surface area contributed by atoms with Crippen molar-refractivity contribution in [2.45, 2.75) is 38.8 Å². The van der Waals surface area contributed by atoms with E-state index in [1.807, 2.05) is 6.92 Å². The maximum atomic E-state index is 12.9. The van der Waals surface area contributed by atoms with Gasteiger partial charge in [0.25, 0.3) is 0 Å². The van der Waals surface area contributed by atoms with Crippen LogP contribution in [0.1, 0.15) is 32.3 Å². The first kappa shape index (κ1) is 19.2. The highest BCUT2D eigenvalue weighted by atomic mass is 127. The fourth-order valence-corrected chi connectivity index (χ4v) is 2.35. The van der Waals surface area contributed by atoms with E-state index in [-0.39, 0.29) is 35.4 Å². The second kappa shape index (κ2) is 9.29. The number of benzene rings is 1. The smallest absolute Gasteiger partial charge is 0.191 e. The number of hydrogen-bond donors (Lipinski definition) is 2. The molecule has 0 amide bonds. The summed E-state index contributed by atoms with van der Waals surface area (Å²) in [5, 5.41) is 6.54. The first-order chi connectivity index (χ1) is 10.1. The van der Waals surface area contributed by atoms with E-state index in [4.69, 9.17) is 4.74 Å². The third-order valence-electron chi connectivity index (χ3n) is 3.61. The summed E-state index contributed by atoms with van der Waals surface area (Å²) in [4.78, 5) is 4.52. The van der Waals surface area contributed by atoms with Gasteiger partial charge in [0.2, 0.25) is 0 Å². The van der Waals surface area contributed by atoms with Gasteiger partial charge in [0, 0.05) is 19.7 Å². The van der Waals surface area contributed by atoms with E-state index >= 15 is 0 Å². The van der Waals surface area contributed by atoms with Crippen molar-refractivity contribution in [3.8, 4) is 0 Å². The van der Waals surface area contributed by atoms with E-state index in [1.165, 1.54) is 12.1 Å². The number of hydrogen-bond acceptors (Lipinski definition) is 2. The van der Waals surface area contributed by atoms with Gasteiger partial charge in [0.05, 0.1) is 12.1 Å². The van der Waals surface area contributed by atoms with Crippen molar-refractivity contribution < 1.29 is 9.13 Å². The molecule has 0 radical (unpaired) electrons. The van der Waals surface area contributed by atoms with Gasteiger partial charge in [0.15, 0.2) is 5.96 Å². The van der Waals surface area contributed by atoms with E-state index in [0.717, 1.165) is 44.1 Å². The van der Waals surface area contributed by atoms with Crippen molar-refractivity contribution >= 4 is 29.9 Å². The minimum Gasteiger partial charge on any atom is -0.373 e. The van der Waals surface area contributed by atoms with E-state index in [2.05, 4.69) is 22.5 Å². The van der Waals surface area contributed by atoms with Crippen LogP contribution >= 0.6 is 24.0 Å². The summed E-state index contributed by atoms with van der Waals surface area (Å²) in [7, 11) is 0. The highest BCUT2D eigenvalue weighted by Crippen LogP contribution is 2.23. The van der Waals surface area contributed by atoms with Gasteiger partial charge >= 0.3 is 0 Å². The molecule has 1 unspecified atom stereocenters. The predicted molar refractivity (Wildman–Crippen MR) is 98.2 cm³/mol. The number of guanidine groups is 1. The molecule has 0 spiro atoms. The molecule has 1 aromatic carbocycles. The molecular formula is C16H25FIN3O. The zero-order valence-electron chi connectivity index (χ0n) is 13.2. The Bertz CT molecular complexity index is 473. The van der Waals surface area contributed by atoms with E-state index in [9.17, 15) is 4.39 Å². The van der Waals surface area contributed by atoms with Gasteiger partial charge in [0.1, 0.15) is 5.82 Å². The maximum Gasteiger partial charge on any atom is 0.191 e. The molecule has 2 N–H and O–H groups in total. The predicted octanol–water partition coefficient (Wildman–Crippen LogP) is 3.07. The van der Waals surface area contributed by atoms with Crippen molar-refractivity contribution in [3.63, 3.8) is 0 Å². The number of halogens is 2. The topological polar surface area (TPSA) is 45.7 Å². The third kappa shape index (κ3) is 6.08. The molecule has 0 aliphatic carbocycles. The van der Waals surface area contributed by atoms with Crippen LogP contribution in [-0.2, 0) is 11.3 Å². The fourth-order valence-electron chi connectivity index (χ4n) is 2.35. The molecule has 0 saturated carbocycles. The molecule has 22 heavy (non-hydrogen) atoms. The largest absolute Gasteiger partial charge is 0.373 e. The molecule has 6 heteroatoms. The minimum absolute atomic E-state index is 0. The van der Waals surface area contributed by atoms with Crippen molar-refractivity contribution in [1.82, 2.24) is 10.6 Å². The summed E-state index contributed by atoms with van der Waals surface area (Å²) in [6, 6.07) is 6.42. The SMILES string of the molecule is CCNC(=NCc1ccc(F)cc1)NCC1(C)CCCO1.I. The molecule has 2 rings (SSSR count). The van der Waals surface area contributed by atoms with E-state index in [1.54, 1.807) is 12.1 Å². The minimum atomic E-state index is -0.223. The Kier molecular flexibility index (Phi) is 8.09. The second-order valence-electron chi connectivity index (χ2n) is 5.58. The summed E-state index contributed by atoms with van der Waals surface area (Å²) in [6.45, 7) is 7.04. The average molecular weight is 421 g/mol. The Hall–Kier alpha value is -0.890. The normalized spacial score (nSPS) is 21.3. The van der Waals surface area contributed by atoms with Gasteiger partial charge in [-0.1, -0.05) is 12.1 Å². The summed E-state index contributed by atoms with van der Waals surface area (Å²) < 4.78 is 18.6. The van der Waals surface area contributed by atoms with Gasteiger partial charge in [-0.15, -0.1) is 24.0 Å². The number of ether oxygens (including phenoxy) is 1. The standard InChI is InChI=1S/C16H24FN3O.HI/c1-3-18-15(20-12-16(2)9-4-10-21-16)19-11-13-5-7-14(17)8-6-13;/h5-8H,3-4,9-12H2,1-2H3,(H2,18,19,20);1H. The monoisotopic (exact) mass is 421 g/mol. The fraction of sp³-hybridized carbons (Fsp3) is 0.562. The highest BCUT2D eigenvalue weighted by molar-refractivity contribution is 14.0. The average Bonchev–Trinajstić information content (AvgIpc) is 2.91. The van der Waals surface area contributed by atoms with Crippen LogP contribution in [0.3, 0.4) is 0 Å². The zero-order chi connectivity index (χ0) is 15.1. The molecule has 4 nitrogen and oxygen atoms in total. The molecule has 1 heterocycles. The number of rotatable bonds is 5. The Morgan fingerprint density at radius 3 is 2.64 bits per heavy atom. The van der Waals surface area contributed by atoms with E-state index in [0.29, 0.717) is 6.54 Å². The van der Waals surface area contributed by atoms with Crippen LogP contribution in [0.25, 0.3) is 0 Å².